The molecule has 1 N–H and O–H groups in total. The number of nitrogens with zero attached hydrogens (tertiary/aromatic N) is 2. The molecule has 0 saturated carbocycles. The van der Waals surface area contributed by atoms with Gasteiger partial charge in [0.2, 0.25) is 0 Å². The maximum Gasteiger partial charge on any atom is 0.262 e. The number of aryl methyl sites for hydroxylation is 1. The van der Waals surface area contributed by atoms with E-state index in [-0.39, 0.29) is 22.9 Å². The van der Waals surface area contributed by atoms with Crippen molar-refractivity contribution in [2.75, 3.05) is 0 Å². The van der Waals surface area contributed by atoms with Crippen LogP contribution in [0.2, 0.25) is 0 Å². The second kappa shape index (κ2) is 9.28. The van der Waals surface area contributed by atoms with E-state index < -0.39 is 0 Å². The van der Waals surface area contributed by atoms with E-state index in [9.17, 15) is 10.1 Å². The molecule has 4 heteroatoms. The van der Waals surface area contributed by atoms with E-state index >= 15 is 0 Å². The van der Waals surface area contributed by atoms with Crippen molar-refractivity contribution in [3.8, 4) is 11.8 Å². The van der Waals surface area contributed by atoms with E-state index in [0.29, 0.717) is 0 Å². The number of aromatic nitrogens is 1. The van der Waals surface area contributed by atoms with Gasteiger partial charge in [-0.15, -0.1) is 0 Å². The summed E-state index contributed by atoms with van der Waals surface area (Å²) >= 11 is 0. The second-order valence-electron chi connectivity index (χ2n) is 9.23. The minimum atomic E-state index is -0.372. The molecule has 1 atom stereocenters. The van der Waals surface area contributed by atoms with E-state index in [2.05, 4.69) is 61.0 Å². The number of hydrogen-bond acceptors (Lipinski definition) is 2. The topological polar surface area (TPSA) is 57.8 Å². The lowest BCUT2D eigenvalue weighted by molar-refractivity contribution is -0.117. The van der Waals surface area contributed by atoms with E-state index in [1.165, 1.54) is 5.56 Å². The molecule has 0 aliphatic carbocycles. The quantitative estimate of drug-likeness (QED) is 0.392. The van der Waals surface area contributed by atoms with Crippen molar-refractivity contribution in [1.82, 2.24) is 9.88 Å². The Kier molecular flexibility index (Phi) is 6.69. The first-order valence-corrected chi connectivity index (χ1v) is 10.9. The fraction of sp³-hybridized carbons (Fsp3) is 0.286. The van der Waals surface area contributed by atoms with Crippen molar-refractivity contribution in [2.45, 2.75) is 53.0 Å². The normalized spacial score (nSPS) is 12.8. The number of carbonyl (C=O) groups excluding carboxylic acids is 1. The van der Waals surface area contributed by atoms with Crippen LogP contribution in [0.3, 0.4) is 0 Å². The summed E-state index contributed by atoms with van der Waals surface area (Å²) in [5, 5.41) is 12.6. The molecule has 0 radical (unpaired) electrons. The van der Waals surface area contributed by atoms with Crippen LogP contribution in [-0.2, 0) is 10.2 Å². The average Bonchev–Trinajstić information content (AvgIpc) is 3.04. The van der Waals surface area contributed by atoms with E-state index in [4.69, 9.17) is 0 Å². The van der Waals surface area contributed by atoms with Gasteiger partial charge in [0.25, 0.3) is 5.91 Å². The maximum absolute atomic E-state index is 12.8. The third-order valence-electron chi connectivity index (χ3n) is 5.77. The monoisotopic (exact) mass is 425 g/mol. The second-order valence-corrected chi connectivity index (χ2v) is 9.23. The third kappa shape index (κ3) is 5.00. The van der Waals surface area contributed by atoms with Crippen LogP contribution in [0.5, 0.6) is 0 Å². The lowest BCUT2D eigenvalue weighted by atomic mass is 9.87. The van der Waals surface area contributed by atoms with Gasteiger partial charge in [-0.05, 0) is 67.2 Å². The SMILES string of the molecule is Cc1cc(/C=C(\C#N)C(=O)N[C@H](C)c2ccccc2)c(C)n1-c1ccc(C(C)(C)C)cc1. The van der Waals surface area contributed by atoms with Crippen molar-refractivity contribution in [3.63, 3.8) is 0 Å². The first-order valence-electron chi connectivity index (χ1n) is 10.9. The van der Waals surface area contributed by atoms with Gasteiger partial charge in [0, 0.05) is 17.1 Å². The first-order chi connectivity index (χ1) is 15.1. The molecule has 3 aromatic rings. The van der Waals surface area contributed by atoms with Gasteiger partial charge >= 0.3 is 0 Å². The Morgan fingerprint density at radius 1 is 1.06 bits per heavy atom. The predicted octanol–water partition coefficient (Wildman–Crippen LogP) is 6.18. The molecule has 0 saturated heterocycles. The summed E-state index contributed by atoms with van der Waals surface area (Å²) in [6.45, 7) is 12.6. The molecule has 0 bridgehead atoms. The van der Waals surface area contributed by atoms with Crippen LogP contribution < -0.4 is 5.32 Å². The Morgan fingerprint density at radius 3 is 2.25 bits per heavy atom. The van der Waals surface area contributed by atoms with Gasteiger partial charge in [0.05, 0.1) is 6.04 Å². The van der Waals surface area contributed by atoms with Gasteiger partial charge in [0.1, 0.15) is 11.6 Å². The zero-order valence-corrected chi connectivity index (χ0v) is 19.7. The van der Waals surface area contributed by atoms with E-state index in [1.54, 1.807) is 6.08 Å². The molecular weight excluding hydrogens is 394 g/mol. The van der Waals surface area contributed by atoms with E-state index in [1.807, 2.05) is 57.2 Å². The zero-order chi connectivity index (χ0) is 23.5. The highest BCUT2D eigenvalue weighted by Crippen LogP contribution is 2.27. The number of carbonyl (C=O) groups is 1. The Morgan fingerprint density at radius 2 is 1.69 bits per heavy atom. The molecule has 2 aromatic carbocycles. The molecule has 32 heavy (non-hydrogen) atoms. The zero-order valence-electron chi connectivity index (χ0n) is 19.7. The lowest BCUT2D eigenvalue weighted by Crippen LogP contribution is -2.27. The van der Waals surface area contributed by atoms with Crippen LogP contribution in [0.1, 0.15) is 61.8 Å². The van der Waals surface area contributed by atoms with Crippen molar-refractivity contribution >= 4 is 12.0 Å². The standard InChI is InChI=1S/C28H31N3O/c1-19-16-23(21(3)31(19)26-14-12-25(13-15-26)28(4,5)6)17-24(18-29)27(32)30-20(2)22-10-8-7-9-11-22/h7-17,20H,1-6H3,(H,30,32)/b24-17+/t20-/m1/s1. The fourth-order valence-corrected chi connectivity index (χ4v) is 3.85. The van der Waals surface area contributed by atoms with Crippen molar-refractivity contribution in [1.29, 1.82) is 5.26 Å². The summed E-state index contributed by atoms with van der Waals surface area (Å²) < 4.78 is 2.15. The fourth-order valence-electron chi connectivity index (χ4n) is 3.85. The predicted molar refractivity (Wildman–Crippen MR) is 131 cm³/mol. The highest BCUT2D eigenvalue weighted by molar-refractivity contribution is 6.02. The summed E-state index contributed by atoms with van der Waals surface area (Å²) in [5.74, 6) is -0.372. The van der Waals surface area contributed by atoms with Crippen LogP contribution in [0, 0.1) is 25.2 Å². The molecule has 164 valence electrons. The number of rotatable bonds is 5. The van der Waals surface area contributed by atoms with Crippen molar-refractivity contribution in [3.05, 3.63) is 94.3 Å². The first kappa shape index (κ1) is 23.1. The van der Waals surface area contributed by atoms with Gasteiger partial charge in [-0.1, -0.05) is 63.2 Å². The summed E-state index contributed by atoms with van der Waals surface area (Å²) in [6.07, 6.45) is 1.68. The maximum atomic E-state index is 12.8. The van der Waals surface area contributed by atoms with Crippen LogP contribution in [-0.4, -0.2) is 10.5 Å². The smallest absolute Gasteiger partial charge is 0.262 e. The minimum Gasteiger partial charge on any atom is -0.345 e. The lowest BCUT2D eigenvalue weighted by Gasteiger charge is -2.20. The number of benzene rings is 2. The average molecular weight is 426 g/mol. The largest absolute Gasteiger partial charge is 0.345 e. The molecule has 0 spiro atoms. The highest BCUT2D eigenvalue weighted by atomic mass is 16.1. The number of nitrogens with one attached hydrogen (secondary N) is 1. The van der Waals surface area contributed by atoms with Gasteiger partial charge < -0.3 is 9.88 Å². The van der Waals surface area contributed by atoms with Crippen LogP contribution in [0.25, 0.3) is 11.8 Å². The Hall–Kier alpha value is -3.58. The third-order valence-corrected chi connectivity index (χ3v) is 5.77. The van der Waals surface area contributed by atoms with Crippen LogP contribution in [0.4, 0.5) is 0 Å². The minimum absolute atomic E-state index is 0.0936. The number of amides is 1. The molecule has 4 nitrogen and oxygen atoms in total. The van der Waals surface area contributed by atoms with Gasteiger partial charge in [0.15, 0.2) is 0 Å². The van der Waals surface area contributed by atoms with Crippen molar-refractivity contribution in [2.24, 2.45) is 0 Å². The Labute approximate surface area is 191 Å². The van der Waals surface area contributed by atoms with Gasteiger partial charge in [-0.25, -0.2) is 0 Å². The molecule has 1 heterocycles. The van der Waals surface area contributed by atoms with Crippen LogP contribution >= 0.6 is 0 Å². The number of nitriles is 1. The Balaban J connectivity index is 1.88. The van der Waals surface area contributed by atoms with Gasteiger partial charge in [-0.2, -0.15) is 5.26 Å². The molecular formula is C28H31N3O. The summed E-state index contributed by atoms with van der Waals surface area (Å²) in [5.41, 5.74) is 6.43. The molecule has 0 fully saturated rings. The summed E-state index contributed by atoms with van der Waals surface area (Å²) in [6, 6.07) is 22.2. The highest BCUT2D eigenvalue weighted by Gasteiger charge is 2.17. The number of hydrogen-bond donors (Lipinski definition) is 1. The van der Waals surface area contributed by atoms with Crippen molar-refractivity contribution < 1.29 is 4.79 Å². The molecule has 1 aromatic heterocycles. The molecule has 0 aliphatic rings. The molecule has 3 rings (SSSR count). The Bertz CT molecular complexity index is 1170. The summed E-state index contributed by atoms with van der Waals surface area (Å²) in [4.78, 5) is 12.8. The molecule has 1 amide bonds. The summed E-state index contributed by atoms with van der Waals surface area (Å²) in [7, 11) is 0. The molecule has 0 unspecified atom stereocenters. The van der Waals surface area contributed by atoms with Crippen LogP contribution in [0.15, 0.2) is 66.2 Å². The van der Waals surface area contributed by atoms with E-state index in [0.717, 1.165) is 28.2 Å². The molecule has 0 aliphatic heterocycles. The van der Waals surface area contributed by atoms with Gasteiger partial charge in [-0.3, -0.25) is 4.79 Å².